The SMILES string of the molecule is COc1ccc(CC(=O)N(C)CC(=O)N2CCNCC2)cc1. The van der Waals surface area contributed by atoms with Gasteiger partial charge in [0.15, 0.2) is 0 Å². The fourth-order valence-electron chi connectivity index (χ4n) is 2.36. The van der Waals surface area contributed by atoms with Crippen LogP contribution in [0.25, 0.3) is 0 Å². The van der Waals surface area contributed by atoms with E-state index in [1.807, 2.05) is 24.3 Å². The number of carbonyl (C=O) groups is 2. The Kier molecular flexibility index (Phi) is 5.77. The van der Waals surface area contributed by atoms with E-state index in [0.717, 1.165) is 24.4 Å². The Hall–Kier alpha value is -2.08. The number of nitrogens with one attached hydrogen (secondary N) is 1. The largest absolute Gasteiger partial charge is 0.497 e. The van der Waals surface area contributed by atoms with E-state index in [1.54, 1.807) is 19.1 Å². The van der Waals surface area contributed by atoms with Crippen molar-refractivity contribution in [3.63, 3.8) is 0 Å². The summed E-state index contributed by atoms with van der Waals surface area (Å²) in [5, 5.41) is 3.20. The van der Waals surface area contributed by atoms with Gasteiger partial charge in [0.05, 0.1) is 20.1 Å². The summed E-state index contributed by atoms with van der Waals surface area (Å²) in [4.78, 5) is 27.6. The van der Waals surface area contributed by atoms with Crippen molar-refractivity contribution in [3.8, 4) is 5.75 Å². The number of rotatable bonds is 5. The van der Waals surface area contributed by atoms with Crippen molar-refractivity contribution in [1.82, 2.24) is 15.1 Å². The van der Waals surface area contributed by atoms with E-state index in [0.29, 0.717) is 13.1 Å². The van der Waals surface area contributed by atoms with Gasteiger partial charge in [0.2, 0.25) is 11.8 Å². The molecular formula is C16H23N3O3. The summed E-state index contributed by atoms with van der Waals surface area (Å²) in [5.41, 5.74) is 0.910. The quantitative estimate of drug-likeness (QED) is 0.840. The third-order valence-electron chi connectivity index (χ3n) is 3.78. The highest BCUT2D eigenvalue weighted by atomic mass is 16.5. The molecule has 0 aromatic heterocycles. The minimum absolute atomic E-state index is 0.00656. The molecule has 1 aromatic rings. The molecule has 0 atom stereocenters. The van der Waals surface area contributed by atoms with Crippen molar-refractivity contribution < 1.29 is 14.3 Å². The molecule has 22 heavy (non-hydrogen) atoms. The van der Waals surface area contributed by atoms with Crippen LogP contribution in [0, 0.1) is 0 Å². The van der Waals surface area contributed by atoms with Gasteiger partial charge < -0.3 is 19.9 Å². The topological polar surface area (TPSA) is 61.9 Å². The molecule has 1 saturated heterocycles. The van der Waals surface area contributed by atoms with Crippen molar-refractivity contribution in [2.75, 3.05) is 46.9 Å². The van der Waals surface area contributed by atoms with Crippen LogP contribution in [0.2, 0.25) is 0 Å². The second kappa shape index (κ2) is 7.79. The van der Waals surface area contributed by atoms with Crippen molar-refractivity contribution in [3.05, 3.63) is 29.8 Å². The first-order valence-corrected chi connectivity index (χ1v) is 7.45. The summed E-state index contributed by atoms with van der Waals surface area (Å²) in [5.74, 6) is 0.708. The van der Waals surface area contributed by atoms with E-state index in [2.05, 4.69) is 5.32 Å². The Morgan fingerprint density at radius 3 is 2.45 bits per heavy atom. The summed E-state index contributed by atoms with van der Waals surface area (Å²) >= 11 is 0. The van der Waals surface area contributed by atoms with Gasteiger partial charge in [0.25, 0.3) is 0 Å². The molecule has 1 fully saturated rings. The maximum absolute atomic E-state index is 12.2. The average Bonchev–Trinajstić information content (AvgIpc) is 2.56. The predicted molar refractivity (Wildman–Crippen MR) is 83.8 cm³/mol. The van der Waals surface area contributed by atoms with Crippen LogP contribution >= 0.6 is 0 Å². The molecule has 2 amide bonds. The molecule has 6 nitrogen and oxygen atoms in total. The fourth-order valence-corrected chi connectivity index (χ4v) is 2.36. The van der Waals surface area contributed by atoms with Crippen molar-refractivity contribution >= 4 is 11.8 Å². The lowest BCUT2D eigenvalue weighted by atomic mass is 10.1. The summed E-state index contributed by atoms with van der Waals surface area (Å²) in [7, 11) is 3.28. The molecular weight excluding hydrogens is 282 g/mol. The van der Waals surface area contributed by atoms with Crippen molar-refractivity contribution in [2.24, 2.45) is 0 Å². The van der Waals surface area contributed by atoms with Crippen molar-refractivity contribution in [2.45, 2.75) is 6.42 Å². The van der Waals surface area contributed by atoms with Gasteiger partial charge in [-0.15, -0.1) is 0 Å². The molecule has 0 unspecified atom stereocenters. The van der Waals surface area contributed by atoms with E-state index in [1.165, 1.54) is 4.90 Å². The summed E-state index contributed by atoms with van der Waals surface area (Å²) < 4.78 is 5.09. The van der Waals surface area contributed by atoms with Crippen LogP contribution in [-0.4, -0.2) is 68.5 Å². The summed E-state index contributed by atoms with van der Waals surface area (Å²) in [6.07, 6.45) is 0.287. The second-order valence-corrected chi connectivity index (χ2v) is 5.41. The molecule has 0 bridgehead atoms. The highest BCUT2D eigenvalue weighted by Crippen LogP contribution is 2.12. The number of amides is 2. The zero-order valence-corrected chi connectivity index (χ0v) is 13.2. The van der Waals surface area contributed by atoms with E-state index in [-0.39, 0.29) is 24.8 Å². The Bertz CT molecular complexity index is 510. The maximum Gasteiger partial charge on any atom is 0.242 e. The molecule has 1 aromatic carbocycles. The fraction of sp³-hybridized carbons (Fsp3) is 0.500. The van der Waals surface area contributed by atoms with Crippen LogP contribution in [0.4, 0.5) is 0 Å². The third-order valence-corrected chi connectivity index (χ3v) is 3.78. The smallest absolute Gasteiger partial charge is 0.242 e. The lowest BCUT2D eigenvalue weighted by Gasteiger charge is -2.29. The highest BCUT2D eigenvalue weighted by Gasteiger charge is 2.20. The lowest BCUT2D eigenvalue weighted by molar-refractivity contribution is -0.139. The number of hydrogen-bond acceptors (Lipinski definition) is 4. The summed E-state index contributed by atoms with van der Waals surface area (Å²) in [6, 6.07) is 7.38. The molecule has 1 aliphatic rings. The van der Waals surface area contributed by atoms with Gasteiger partial charge in [-0.25, -0.2) is 0 Å². The van der Waals surface area contributed by atoms with E-state index in [4.69, 9.17) is 4.74 Å². The van der Waals surface area contributed by atoms with Gasteiger partial charge in [0.1, 0.15) is 5.75 Å². The first-order valence-electron chi connectivity index (χ1n) is 7.45. The van der Waals surface area contributed by atoms with Crippen LogP contribution in [-0.2, 0) is 16.0 Å². The van der Waals surface area contributed by atoms with Gasteiger partial charge in [-0.3, -0.25) is 9.59 Å². The Labute approximate surface area is 131 Å². The van der Waals surface area contributed by atoms with Crippen LogP contribution in [0.1, 0.15) is 5.56 Å². The maximum atomic E-state index is 12.2. The molecule has 6 heteroatoms. The van der Waals surface area contributed by atoms with Crippen molar-refractivity contribution in [1.29, 1.82) is 0 Å². The molecule has 1 N–H and O–H groups in total. The molecule has 0 aliphatic carbocycles. The Morgan fingerprint density at radius 2 is 1.86 bits per heavy atom. The van der Waals surface area contributed by atoms with E-state index in [9.17, 15) is 9.59 Å². The first-order chi connectivity index (χ1) is 10.6. The van der Waals surface area contributed by atoms with E-state index < -0.39 is 0 Å². The molecule has 1 aliphatic heterocycles. The van der Waals surface area contributed by atoms with Crippen LogP contribution < -0.4 is 10.1 Å². The zero-order chi connectivity index (χ0) is 15.9. The number of piperazine rings is 1. The van der Waals surface area contributed by atoms with Gasteiger partial charge in [-0.1, -0.05) is 12.1 Å². The minimum Gasteiger partial charge on any atom is -0.497 e. The number of methoxy groups -OCH3 is 1. The number of ether oxygens (including phenoxy) is 1. The lowest BCUT2D eigenvalue weighted by Crippen LogP contribution is -2.49. The molecule has 0 saturated carbocycles. The second-order valence-electron chi connectivity index (χ2n) is 5.41. The predicted octanol–water partition coefficient (Wildman–Crippen LogP) is 0.128. The van der Waals surface area contributed by atoms with Gasteiger partial charge in [-0.2, -0.15) is 0 Å². The van der Waals surface area contributed by atoms with Crippen LogP contribution in [0.15, 0.2) is 24.3 Å². The van der Waals surface area contributed by atoms with Gasteiger partial charge >= 0.3 is 0 Å². The third kappa shape index (κ3) is 4.46. The molecule has 120 valence electrons. The van der Waals surface area contributed by atoms with Crippen LogP contribution in [0.5, 0.6) is 5.75 Å². The van der Waals surface area contributed by atoms with E-state index >= 15 is 0 Å². The number of hydrogen-bond donors (Lipinski definition) is 1. The van der Waals surface area contributed by atoms with Gasteiger partial charge in [0, 0.05) is 33.2 Å². The van der Waals surface area contributed by atoms with Crippen LogP contribution in [0.3, 0.4) is 0 Å². The molecule has 0 radical (unpaired) electrons. The highest BCUT2D eigenvalue weighted by molar-refractivity contribution is 5.85. The molecule has 0 spiro atoms. The minimum atomic E-state index is -0.0614. The normalized spacial score (nSPS) is 14.5. The number of likely N-dealkylation sites (N-methyl/N-ethyl adjacent to an activating group) is 1. The van der Waals surface area contributed by atoms with Gasteiger partial charge in [-0.05, 0) is 17.7 Å². The molecule has 1 heterocycles. The summed E-state index contributed by atoms with van der Waals surface area (Å²) in [6.45, 7) is 3.18. The number of benzene rings is 1. The standard InChI is InChI=1S/C16H23N3O3/c1-18(12-16(21)19-9-7-17-8-10-19)15(20)11-13-3-5-14(22-2)6-4-13/h3-6,17H,7-12H2,1-2H3. The zero-order valence-electron chi connectivity index (χ0n) is 13.2. The monoisotopic (exact) mass is 305 g/mol. The Balaban J connectivity index is 1.84. The molecule has 2 rings (SSSR count). The number of nitrogens with zero attached hydrogens (tertiary/aromatic N) is 2. The first kappa shape index (κ1) is 16.3. The average molecular weight is 305 g/mol. The number of carbonyl (C=O) groups excluding carboxylic acids is 2. The Morgan fingerprint density at radius 1 is 1.23 bits per heavy atom.